The van der Waals surface area contributed by atoms with Crippen molar-refractivity contribution >= 4 is 5.82 Å². The van der Waals surface area contributed by atoms with Crippen LogP contribution < -0.4 is 4.90 Å². The van der Waals surface area contributed by atoms with Crippen LogP contribution in [0.5, 0.6) is 0 Å². The molecule has 1 aromatic rings. The fourth-order valence-corrected chi connectivity index (χ4v) is 2.12. The molecule has 0 atom stereocenters. The number of rotatable bonds is 4. The van der Waals surface area contributed by atoms with Gasteiger partial charge >= 0.3 is 0 Å². The van der Waals surface area contributed by atoms with Gasteiger partial charge in [-0.3, -0.25) is 0 Å². The summed E-state index contributed by atoms with van der Waals surface area (Å²) in [6, 6.07) is 2.06. The molecule has 0 aliphatic carbocycles. The molecule has 1 aliphatic rings. The molecule has 0 saturated carbocycles. The molecule has 0 bridgehead atoms. The molecule has 0 amide bonds. The molecule has 2 heterocycles. The lowest BCUT2D eigenvalue weighted by atomic mass is 10.4. The van der Waals surface area contributed by atoms with Gasteiger partial charge in [0.05, 0.1) is 12.7 Å². The summed E-state index contributed by atoms with van der Waals surface area (Å²) in [6.45, 7) is 4.65. The summed E-state index contributed by atoms with van der Waals surface area (Å²) in [7, 11) is 4.12. The predicted molar refractivity (Wildman–Crippen MR) is 62.2 cm³/mol. The highest BCUT2D eigenvalue weighted by molar-refractivity contribution is 5.35. The van der Waals surface area contributed by atoms with Crippen LogP contribution in [0.2, 0.25) is 0 Å². The van der Waals surface area contributed by atoms with E-state index in [0.29, 0.717) is 0 Å². The van der Waals surface area contributed by atoms with Crippen molar-refractivity contribution in [3.63, 3.8) is 0 Å². The maximum Gasteiger partial charge on any atom is 0.126 e. The summed E-state index contributed by atoms with van der Waals surface area (Å²) in [5, 5.41) is 4.35. The minimum atomic E-state index is 1.00. The molecule has 0 unspecified atom stereocenters. The van der Waals surface area contributed by atoms with Gasteiger partial charge in [0.25, 0.3) is 0 Å². The minimum Gasteiger partial charge on any atom is -0.363 e. The van der Waals surface area contributed by atoms with Crippen LogP contribution in [0.15, 0.2) is 12.3 Å². The van der Waals surface area contributed by atoms with Crippen molar-refractivity contribution in [2.45, 2.75) is 19.4 Å². The van der Waals surface area contributed by atoms with Gasteiger partial charge < -0.3 is 9.80 Å². The molecular weight excluding hydrogens is 188 g/mol. The first-order valence-corrected chi connectivity index (χ1v) is 5.69. The molecule has 0 spiro atoms. The van der Waals surface area contributed by atoms with Crippen LogP contribution in [0.3, 0.4) is 0 Å². The summed E-state index contributed by atoms with van der Waals surface area (Å²) >= 11 is 0. The Kier molecular flexibility index (Phi) is 3.26. The second-order valence-corrected chi connectivity index (χ2v) is 4.36. The van der Waals surface area contributed by atoms with Crippen molar-refractivity contribution in [2.75, 3.05) is 38.6 Å². The molecule has 0 N–H and O–H groups in total. The first-order valence-electron chi connectivity index (χ1n) is 5.69. The summed E-state index contributed by atoms with van der Waals surface area (Å²) in [4.78, 5) is 4.62. The lowest BCUT2D eigenvalue weighted by molar-refractivity contribution is 0.316. The second kappa shape index (κ2) is 4.66. The summed E-state index contributed by atoms with van der Waals surface area (Å²) in [6.07, 6.45) is 4.60. The topological polar surface area (TPSA) is 24.3 Å². The molecule has 1 aromatic heterocycles. The SMILES string of the molecule is CN(C)c1ccnn1CCN1CCCC1. The third kappa shape index (κ3) is 2.50. The molecule has 4 nitrogen and oxygen atoms in total. The number of hydrogen-bond donors (Lipinski definition) is 0. The number of nitrogens with zero attached hydrogens (tertiary/aromatic N) is 4. The van der Waals surface area contributed by atoms with Crippen LogP contribution in [-0.2, 0) is 6.54 Å². The van der Waals surface area contributed by atoms with Gasteiger partial charge in [0.15, 0.2) is 0 Å². The second-order valence-electron chi connectivity index (χ2n) is 4.36. The van der Waals surface area contributed by atoms with Gasteiger partial charge in [0.2, 0.25) is 0 Å². The van der Waals surface area contributed by atoms with E-state index in [4.69, 9.17) is 0 Å². The van der Waals surface area contributed by atoms with Gasteiger partial charge in [-0.15, -0.1) is 0 Å². The molecule has 1 fully saturated rings. The lowest BCUT2D eigenvalue weighted by Crippen LogP contribution is -2.26. The van der Waals surface area contributed by atoms with E-state index in [1.807, 2.05) is 6.20 Å². The van der Waals surface area contributed by atoms with Crippen molar-refractivity contribution in [2.24, 2.45) is 0 Å². The average molecular weight is 208 g/mol. The van der Waals surface area contributed by atoms with E-state index < -0.39 is 0 Å². The zero-order chi connectivity index (χ0) is 10.7. The zero-order valence-electron chi connectivity index (χ0n) is 9.69. The monoisotopic (exact) mass is 208 g/mol. The molecule has 4 heteroatoms. The van der Waals surface area contributed by atoms with E-state index >= 15 is 0 Å². The van der Waals surface area contributed by atoms with Gasteiger partial charge in [-0.2, -0.15) is 5.10 Å². The van der Waals surface area contributed by atoms with Crippen LogP contribution in [0.25, 0.3) is 0 Å². The van der Waals surface area contributed by atoms with Gasteiger partial charge in [0, 0.05) is 26.7 Å². The third-order valence-corrected chi connectivity index (χ3v) is 2.98. The van der Waals surface area contributed by atoms with Crippen LogP contribution in [0, 0.1) is 0 Å². The van der Waals surface area contributed by atoms with Crippen LogP contribution in [0.1, 0.15) is 12.8 Å². The predicted octanol–water partition coefficient (Wildman–Crippen LogP) is 1.04. The Bertz CT molecular complexity index is 299. The number of anilines is 1. The summed E-state index contributed by atoms with van der Waals surface area (Å²) < 4.78 is 2.08. The van der Waals surface area contributed by atoms with E-state index in [0.717, 1.165) is 13.1 Å². The Hall–Kier alpha value is -1.03. The van der Waals surface area contributed by atoms with E-state index in [1.54, 1.807) is 0 Å². The van der Waals surface area contributed by atoms with Gasteiger partial charge in [-0.25, -0.2) is 4.68 Å². The zero-order valence-corrected chi connectivity index (χ0v) is 9.69. The smallest absolute Gasteiger partial charge is 0.126 e. The largest absolute Gasteiger partial charge is 0.363 e. The van der Waals surface area contributed by atoms with E-state index in [1.165, 1.54) is 31.7 Å². The number of hydrogen-bond acceptors (Lipinski definition) is 3. The maximum atomic E-state index is 4.35. The third-order valence-electron chi connectivity index (χ3n) is 2.98. The molecule has 0 aromatic carbocycles. The molecule has 15 heavy (non-hydrogen) atoms. The molecule has 1 aliphatic heterocycles. The first-order chi connectivity index (χ1) is 7.27. The van der Waals surface area contributed by atoms with Gasteiger partial charge in [-0.05, 0) is 25.9 Å². The average Bonchev–Trinajstić information content (AvgIpc) is 2.86. The Balaban J connectivity index is 1.89. The Morgan fingerprint density at radius 3 is 2.67 bits per heavy atom. The highest BCUT2D eigenvalue weighted by atomic mass is 15.4. The van der Waals surface area contributed by atoms with Gasteiger partial charge in [-0.1, -0.05) is 0 Å². The summed E-state index contributed by atoms with van der Waals surface area (Å²) in [5.41, 5.74) is 0. The van der Waals surface area contributed by atoms with E-state index in [9.17, 15) is 0 Å². The van der Waals surface area contributed by atoms with Crippen molar-refractivity contribution < 1.29 is 0 Å². The molecule has 0 radical (unpaired) electrons. The Morgan fingerprint density at radius 1 is 1.27 bits per heavy atom. The van der Waals surface area contributed by atoms with Crippen molar-refractivity contribution in [1.82, 2.24) is 14.7 Å². The fourth-order valence-electron chi connectivity index (χ4n) is 2.12. The lowest BCUT2D eigenvalue weighted by Gasteiger charge is -2.18. The summed E-state index contributed by atoms with van der Waals surface area (Å²) in [5.74, 6) is 1.19. The van der Waals surface area contributed by atoms with E-state index in [2.05, 4.69) is 39.7 Å². The first kappa shape index (κ1) is 10.5. The van der Waals surface area contributed by atoms with Crippen LogP contribution in [-0.4, -0.2) is 48.4 Å². The molecule has 84 valence electrons. The molecule has 1 saturated heterocycles. The highest BCUT2D eigenvalue weighted by Gasteiger charge is 2.12. The quantitative estimate of drug-likeness (QED) is 0.739. The van der Waals surface area contributed by atoms with Gasteiger partial charge in [0.1, 0.15) is 5.82 Å². The molecule has 2 rings (SSSR count). The Labute approximate surface area is 91.5 Å². The van der Waals surface area contributed by atoms with Crippen molar-refractivity contribution in [1.29, 1.82) is 0 Å². The van der Waals surface area contributed by atoms with Crippen molar-refractivity contribution in [3.8, 4) is 0 Å². The van der Waals surface area contributed by atoms with Crippen molar-refractivity contribution in [3.05, 3.63) is 12.3 Å². The molecular formula is C11H20N4. The normalized spacial score (nSPS) is 17.2. The highest BCUT2D eigenvalue weighted by Crippen LogP contribution is 2.11. The standard InChI is InChI=1S/C11H20N4/c1-13(2)11-5-6-12-15(11)10-9-14-7-3-4-8-14/h5-6H,3-4,7-10H2,1-2H3. The maximum absolute atomic E-state index is 4.35. The number of likely N-dealkylation sites (tertiary alicyclic amines) is 1. The fraction of sp³-hybridized carbons (Fsp3) is 0.727. The Morgan fingerprint density at radius 2 is 2.00 bits per heavy atom. The number of aromatic nitrogens is 2. The minimum absolute atomic E-state index is 1.00. The van der Waals surface area contributed by atoms with Crippen LogP contribution >= 0.6 is 0 Å². The van der Waals surface area contributed by atoms with Crippen LogP contribution in [0.4, 0.5) is 5.82 Å². The van der Waals surface area contributed by atoms with E-state index in [-0.39, 0.29) is 0 Å².